The quantitative estimate of drug-likeness (QED) is 0.924. The van der Waals surface area contributed by atoms with Crippen LogP contribution >= 0.6 is 0 Å². The summed E-state index contributed by atoms with van der Waals surface area (Å²) in [6.07, 6.45) is 5.49. The number of amides is 1. The van der Waals surface area contributed by atoms with E-state index in [9.17, 15) is 4.79 Å². The van der Waals surface area contributed by atoms with Crippen LogP contribution in [0.2, 0.25) is 0 Å². The Kier molecular flexibility index (Phi) is 4.24. The summed E-state index contributed by atoms with van der Waals surface area (Å²) >= 11 is 0. The average molecular weight is 310 g/mol. The smallest absolute Gasteiger partial charge is 0.271 e. The van der Waals surface area contributed by atoms with E-state index in [4.69, 9.17) is 5.26 Å². The molecule has 0 saturated carbocycles. The normalized spacial score (nSPS) is 17.6. The van der Waals surface area contributed by atoms with Gasteiger partial charge in [-0.25, -0.2) is 4.98 Å². The minimum Gasteiger partial charge on any atom is -0.354 e. The molecule has 7 nitrogen and oxygen atoms in total. The number of hydrogen-bond donors (Lipinski definition) is 1. The van der Waals surface area contributed by atoms with E-state index in [0.717, 1.165) is 31.7 Å². The van der Waals surface area contributed by atoms with E-state index >= 15 is 0 Å². The number of pyridine rings is 1. The van der Waals surface area contributed by atoms with Gasteiger partial charge in [0.25, 0.3) is 5.91 Å². The number of piperidine rings is 1. The Morgan fingerprint density at radius 3 is 3.00 bits per heavy atom. The van der Waals surface area contributed by atoms with E-state index in [1.54, 1.807) is 25.4 Å². The lowest BCUT2D eigenvalue weighted by atomic mass is 10.1. The first-order valence-electron chi connectivity index (χ1n) is 7.59. The van der Waals surface area contributed by atoms with Crippen LogP contribution in [0.4, 0.5) is 5.82 Å². The summed E-state index contributed by atoms with van der Waals surface area (Å²) in [5.74, 6) is 0.692. The minimum atomic E-state index is -0.176. The number of carbonyl (C=O) groups excluding carboxylic acids is 1. The van der Waals surface area contributed by atoms with Gasteiger partial charge in [0.05, 0.1) is 11.6 Å². The highest BCUT2D eigenvalue weighted by molar-refractivity contribution is 5.91. The molecule has 0 aliphatic carbocycles. The zero-order valence-corrected chi connectivity index (χ0v) is 12.9. The Morgan fingerprint density at radius 1 is 1.43 bits per heavy atom. The van der Waals surface area contributed by atoms with Gasteiger partial charge < -0.3 is 10.2 Å². The van der Waals surface area contributed by atoms with Crippen molar-refractivity contribution in [2.45, 2.75) is 18.9 Å². The number of aromatic nitrogens is 3. The maximum atomic E-state index is 11.6. The van der Waals surface area contributed by atoms with Crippen molar-refractivity contribution in [2.75, 3.05) is 25.0 Å². The number of hydrogen-bond acceptors (Lipinski definition) is 5. The molecule has 1 saturated heterocycles. The highest BCUT2D eigenvalue weighted by Gasteiger charge is 2.23. The number of carbonyl (C=O) groups is 1. The van der Waals surface area contributed by atoms with Crippen molar-refractivity contribution in [3.8, 4) is 6.07 Å². The summed E-state index contributed by atoms with van der Waals surface area (Å²) in [6.45, 7) is 1.72. The average Bonchev–Trinajstić information content (AvgIpc) is 3.11. The third-order valence-corrected chi connectivity index (χ3v) is 4.04. The predicted octanol–water partition coefficient (Wildman–Crippen LogP) is 1.35. The Morgan fingerprint density at radius 2 is 2.30 bits per heavy atom. The third kappa shape index (κ3) is 3.16. The molecule has 1 atom stereocenters. The molecule has 3 heterocycles. The molecule has 0 radical (unpaired) electrons. The molecule has 2 aromatic heterocycles. The number of nitrogens with one attached hydrogen (secondary N) is 1. The fraction of sp³-hybridized carbons (Fsp3) is 0.375. The molecular formula is C16H18N6O. The van der Waals surface area contributed by atoms with Crippen molar-refractivity contribution in [3.63, 3.8) is 0 Å². The molecule has 0 aromatic carbocycles. The topological polar surface area (TPSA) is 86.8 Å². The predicted molar refractivity (Wildman–Crippen MR) is 85.1 cm³/mol. The summed E-state index contributed by atoms with van der Waals surface area (Å²) in [5.41, 5.74) is 0.991. The van der Waals surface area contributed by atoms with Gasteiger partial charge in [-0.3, -0.25) is 9.48 Å². The molecule has 7 heteroatoms. The molecule has 118 valence electrons. The molecule has 23 heavy (non-hydrogen) atoms. The summed E-state index contributed by atoms with van der Waals surface area (Å²) in [6, 6.07) is 7.68. The lowest BCUT2D eigenvalue weighted by Crippen LogP contribution is -2.37. The van der Waals surface area contributed by atoms with Crippen LogP contribution in [0.5, 0.6) is 0 Å². The number of rotatable bonds is 3. The van der Waals surface area contributed by atoms with Crippen LogP contribution in [0.1, 0.15) is 34.9 Å². The van der Waals surface area contributed by atoms with E-state index in [2.05, 4.69) is 26.4 Å². The molecule has 1 fully saturated rings. The third-order valence-electron chi connectivity index (χ3n) is 4.04. The van der Waals surface area contributed by atoms with Crippen molar-refractivity contribution in [2.24, 2.45) is 0 Å². The number of nitriles is 1. The molecule has 1 amide bonds. The molecule has 0 bridgehead atoms. The highest BCUT2D eigenvalue weighted by Crippen LogP contribution is 2.24. The second-order valence-electron chi connectivity index (χ2n) is 5.52. The molecule has 1 unspecified atom stereocenters. The molecule has 1 N–H and O–H groups in total. The summed E-state index contributed by atoms with van der Waals surface area (Å²) in [7, 11) is 1.60. The zero-order chi connectivity index (χ0) is 16.2. The summed E-state index contributed by atoms with van der Waals surface area (Å²) < 4.78 is 1.86. The molecule has 2 aromatic rings. The Labute approximate surface area is 134 Å². The van der Waals surface area contributed by atoms with Crippen LogP contribution in [0.25, 0.3) is 0 Å². The first-order chi connectivity index (χ1) is 11.2. The standard InChI is InChI=1S/C16H18N6O/c1-18-16(23)14-6-8-22(20-14)13-3-2-7-21(11-13)15-5-4-12(9-17)10-19-15/h4-6,8,10,13H,2-3,7,11H2,1H3,(H,18,23). The van der Waals surface area contributed by atoms with Crippen LogP contribution in [0, 0.1) is 11.3 Å². The molecule has 0 spiro atoms. The van der Waals surface area contributed by atoms with Crippen LogP contribution in [-0.2, 0) is 0 Å². The highest BCUT2D eigenvalue weighted by atomic mass is 16.1. The Bertz CT molecular complexity index is 730. The van der Waals surface area contributed by atoms with Crippen LogP contribution < -0.4 is 10.2 Å². The lowest BCUT2D eigenvalue weighted by Gasteiger charge is -2.33. The second kappa shape index (κ2) is 6.48. The van der Waals surface area contributed by atoms with Gasteiger partial charge >= 0.3 is 0 Å². The minimum absolute atomic E-state index is 0.176. The number of nitrogens with zero attached hydrogens (tertiary/aromatic N) is 5. The molecule has 3 rings (SSSR count). The van der Waals surface area contributed by atoms with Crippen LogP contribution in [0.15, 0.2) is 30.6 Å². The van der Waals surface area contributed by atoms with E-state index < -0.39 is 0 Å². The van der Waals surface area contributed by atoms with Gasteiger partial charge in [0.1, 0.15) is 17.6 Å². The molecule has 1 aliphatic heterocycles. The zero-order valence-electron chi connectivity index (χ0n) is 12.9. The second-order valence-corrected chi connectivity index (χ2v) is 5.52. The maximum absolute atomic E-state index is 11.6. The van der Waals surface area contributed by atoms with Gasteiger partial charge in [-0.05, 0) is 31.0 Å². The van der Waals surface area contributed by atoms with Gasteiger partial charge in [0.15, 0.2) is 0 Å². The van der Waals surface area contributed by atoms with Crippen molar-refractivity contribution in [1.29, 1.82) is 5.26 Å². The van der Waals surface area contributed by atoms with Crippen molar-refractivity contribution in [3.05, 3.63) is 41.9 Å². The van der Waals surface area contributed by atoms with Crippen molar-refractivity contribution in [1.82, 2.24) is 20.1 Å². The Balaban J connectivity index is 1.74. The van der Waals surface area contributed by atoms with Gasteiger partial charge in [-0.1, -0.05) is 0 Å². The lowest BCUT2D eigenvalue weighted by molar-refractivity contribution is 0.0957. The molecule has 1 aliphatic rings. The summed E-state index contributed by atoms with van der Waals surface area (Å²) in [5, 5.41) is 15.8. The van der Waals surface area contributed by atoms with Crippen molar-refractivity contribution < 1.29 is 4.79 Å². The van der Waals surface area contributed by atoms with Crippen molar-refractivity contribution >= 4 is 11.7 Å². The SMILES string of the molecule is CNC(=O)c1ccn(C2CCCN(c3ccc(C#N)cn3)C2)n1. The molecular weight excluding hydrogens is 292 g/mol. The van der Waals surface area contributed by atoms with E-state index in [-0.39, 0.29) is 11.9 Å². The van der Waals surface area contributed by atoms with Crippen LogP contribution in [0.3, 0.4) is 0 Å². The van der Waals surface area contributed by atoms with Gasteiger partial charge in [0, 0.05) is 32.5 Å². The van der Waals surface area contributed by atoms with E-state index in [1.807, 2.05) is 16.9 Å². The van der Waals surface area contributed by atoms with Crippen LogP contribution in [-0.4, -0.2) is 40.8 Å². The first kappa shape index (κ1) is 15.0. The van der Waals surface area contributed by atoms with Gasteiger partial charge in [-0.2, -0.15) is 10.4 Å². The van der Waals surface area contributed by atoms with Gasteiger partial charge in [-0.15, -0.1) is 0 Å². The van der Waals surface area contributed by atoms with E-state index in [0.29, 0.717) is 11.3 Å². The largest absolute Gasteiger partial charge is 0.354 e. The van der Waals surface area contributed by atoms with Gasteiger partial charge in [0.2, 0.25) is 0 Å². The first-order valence-corrected chi connectivity index (χ1v) is 7.59. The summed E-state index contributed by atoms with van der Waals surface area (Å²) in [4.78, 5) is 18.2. The number of anilines is 1. The Hall–Kier alpha value is -2.88. The monoisotopic (exact) mass is 310 g/mol. The fourth-order valence-electron chi connectivity index (χ4n) is 2.81. The maximum Gasteiger partial charge on any atom is 0.271 e. The fourth-order valence-corrected chi connectivity index (χ4v) is 2.81. The van der Waals surface area contributed by atoms with E-state index in [1.165, 1.54) is 0 Å².